The highest BCUT2D eigenvalue weighted by Gasteiger charge is 2.29. The molecule has 0 spiro atoms. The van der Waals surface area contributed by atoms with Gasteiger partial charge in [-0.25, -0.2) is 9.37 Å². The van der Waals surface area contributed by atoms with Crippen LogP contribution in [-0.2, 0) is 25.5 Å². The Labute approximate surface area is 259 Å². The fourth-order valence-corrected chi connectivity index (χ4v) is 5.37. The van der Waals surface area contributed by atoms with Gasteiger partial charge in [0.2, 0.25) is 6.41 Å². The third kappa shape index (κ3) is 8.66. The Kier molecular flexibility index (Phi) is 12.3. The van der Waals surface area contributed by atoms with Gasteiger partial charge in [-0.15, -0.1) is 0 Å². The Balaban J connectivity index is 1.61. The van der Waals surface area contributed by atoms with Gasteiger partial charge in [-0.05, 0) is 88.1 Å². The van der Waals surface area contributed by atoms with Crippen LogP contribution in [-0.4, -0.2) is 65.5 Å². The summed E-state index contributed by atoms with van der Waals surface area (Å²) in [5, 5.41) is 2.64. The SMILES string of the molecule is C=C(/C=C\C(=C/C)c1nc(NC=O)c(C(=O)N(CC)CCCOC2CCCCO2)n1Cc1ccc(F)cc1)OC1CCC1C. The molecule has 238 valence electrons. The summed E-state index contributed by atoms with van der Waals surface area (Å²) in [5.41, 5.74) is 1.71. The van der Waals surface area contributed by atoms with E-state index in [-0.39, 0.29) is 42.2 Å². The minimum absolute atomic E-state index is 0.151. The zero-order chi connectivity index (χ0) is 31.5. The first kappa shape index (κ1) is 33.1. The van der Waals surface area contributed by atoms with E-state index in [0.717, 1.165) is 37.7 Å². The molecule has 1 N–H and O–H groups in total. The number of benzene rings is 1. The fourth-order valence-electron chi connectivity index (χ4n) is 5.37. The van der Waals surface area contributed by atoms with Crippen molar-refractivity contribution in [2.24, 2.45) is 5.92 Å². The third-order valence-electron chi connectivity index (χ3n) is 8.16. The molecule has 10 heteroatoms. The topological polar surface area (TPSA) is 94.9 Å². The molecular formula is C34H45FN4O5. The van der Waals surface area contributed by atoms with E-state index in [2.05, 4.69) is 18.8 Å². The maximum absolute atomic E-state index is 14.1. The molecule has 2 aromatic rings. The molecule has 44 heavy (non-hydrogen) atoms. The molecule has 4 rings (SSSR count). The smallest absolute Gasteiger partial charge is 0.274 e. The largest absolute Gasteiger partial charge is 0.491 e. The van der Waals surface area contributed by atoms with Crippen molar-refractivity contribution in [3.63, 3.8) is 0 Å². The average Bonchev–Trinajstić information content (AvgIpc) is 3.38. The van der Waals surface area contributed by atoms with Gasteiger partial charge in [-0.2, -0.15) is 0 Å². The number of amides is 2. The number of halogens is 1. The molecule has 2 heterocycles. The van der Waals surface area contributed by atoms with Gasteiger partial charge in [-0.3, -0.25) is 9.59 Å². The molecule has 2 fully saturated rings. The van der Waals surface area contributed by atoms with E-state index in [1.54, 1.807) is 27.7 Å². The average molecular weight is 609 g/mol. The molecule has 1 aliphatic carbocycles. The van der Waals surface area contributed by atoms with Crippen molar-refractivity contribution in [3.05, 3.63) is 77.7 Å². The van der Waals surface area contributed by atoms with E-state index in [4.69, 9.17) is 19.2 Å². The van der Waals surface area contributed by atoms with Crippen LogP contribution in [0.25, 0.3) is 5.57 Å². The molecule has 2 aliphatic rings. The maximum Gasteiger partial charge on any atom is 0.274 e. The minimum Gasteiger partial charge on any atom is -0.491 e. The first-order valence-corrected chi connectivity index (χ1v) is 15.6. The number of imidazole rings is 1. The summed E-state index contributed by atoms with van der Waals surface area (Å²) in [7, 11) is 0. The van der Waals surface area contributed by atoms with Crippen LogP contribution in [0.2, 0.25) is 0 Å². The molecule has 2 amide bonds. The molecule has 3 atom stereocenters. The van der Waals surface area contributed by atoms with Gasteiger partial charge >= 0.3 is 0 Å². The number of allylic oxidation sites excluding steroid dienone is 4. The van der Waals surface area contributed by atoms with Gasteiger partial charge in [0.15, 0.2) is 17.8 Å². The zero-order valence-corrected chi connectivity index (χ0v) is 26.1. The summed E-state index contributed by atoms with van der Waals surface area (Å²) in [5.74, 6) is 1.03. The number of hydrogen-bond acceptors (Lipinski definition) is 6. The molecule has 1 aliphatic heterocycles. The molecule has 1 aromatic heterocycles. The summed E-state index contributed by atoms with van der Waals surface area (Å²) < 4.78 is 33.0. The van der Waals surface area contributed by atoms with Crippen LogP contribution >= 0.6 is 0 Å². The molecule has 1 saturated heterocycles. The number of carbonyl (C=O) groups excluding carboxylic acids is 2. The van der Waals surface area contributed by atoms with Crippen molar-refractivity contribution >= 4 is 23.7 Å². The van der Waals surface area contributed by atoms with Crippen LogP contribution < -0.4 is 5.32 Å². The molecule has 1 saturated carbocycles. The number of rotatable bonds is 16. The van der Waals surface area contributed by atoms with Crippen LogP contribution in [0.1, 0.15) is 81.2 Å². The Morgan fingerprint density at radius 2 is 2.02 bits per heavy atom. The molecular weight excluding hydrogens is 563 g/mol. The lowest BCUT2D eigenvalue weighted by Gasteiger charge is -2.34. The summed E-state index contributed by atoms with van der Waals surface area (Å²) in [6, 6.07) is 6.10. The number of ether oxygens (including phenoxy) is 3. The third-order valence-corrected chi connectivity index (χ3v) is 8.16. The van der Waals surface area contributed by atoms with Crippen molar-refractivity contribution in [1.29, 1.82) is 0 Å². The van der Waals surface area contributed by atoms with Crippen molar-refractivity contribution in [2.45, 2.75) is 78.2 Å². The van der Waals surface area contributed by atoms with E-state index in [9.17, 15) is 14.0 Å². The Hall–Kier alpha value is -3.76. The van der Waals surface area contributed by atoms with Crippen LogP contribution in [0, 0.1) is 11.7 Å². The normalized spacial score (nSPS) is 20.3. The van der Waals surface area contributed by atoms with E-state index in [1.807, 2.05) is 26.0 Å². The van der Waals surface area contributed by atoms with Gasteiger partial charge in [0, 0.05) is 31.8 Å². The maximum atomic E-state index is 14.1. The van der Waals surface area contributed by atoms with Gasteiger partial charge in [-0.1, -0.05) is 31.7 Å². The van der Waals surface area contributed by atoms with Crippen LogP contribution in [0.4, 0.5) is 10.2 Å². The molecule has 9 nitrogen and oxygen atoms in total. The number of hydrogen-bond donors (Lipinski definition) is 1. The predicted octanol–water partition coefficient (Wildman–Crippen LogP) is 6.32. The molecule has 0 bridgehead atoms. The molecule has 3 unspecified atom stereocenters. The fraction of sp³-hybridized carbons (Fsp3) is 0.500. The van der Waals surface area contributed by atoms with E-state index >= 15 is 0 Å². The quantitative estimate of drug-likeness (QED) is 0.104. The molecule has 0 radical (unpaired) electrons. The van der Waals surface area contributed by atoms with Crippen molar-refractivity contribution in [2.75, 3.05) is 31.6 Å². The van der Waals surface area contributed by atoms with E-state index in [1.165, 1.54) is 12.1 Å². The lowest BCUT2D eigenvalue weighted by atomic mass is 9.83. The highest BCUT2D eigenvalue weighted by molar-refractivity contribution is 6.00. The monoisotopic (exact) mass is 608 g/mol. The van der Waals surface area contributed by atoms with Gasteiger partial charge in [0.1, 0.15) is 23.5 Å². The van der Waals surface area contributed by atoms with Crippen LogP contribution in [0.15, 0.2) is 54.8 Å². The second-order valence-corrected chi connectivity index (χ2v) is 11.3. The minimum atomic E-state index is -0.353. The first-order valence-electron chi connectivity index (χ1n) is 15.6. The summed E-state index contributed by atoms with van der Waals surface area (Å²) in [6.07, 6.45) is 11.8. The van der Waals surface area contributed by atoms with Crippen LogP contribution in [0.3, 0.4) is 0 Å². The van der Waals surface area contributed by atoms with Gasteiger partial charge in [0.05, 0.1) is 6.61 Å². The highest BCUT2D eigenvalue weighted by Crippen LogP contribution is 2.32. The van der Waals surface area contributed by atoms with Gasteiger partial charge < -0.3 is 29.0 Å². The highest BCUT2D eigenvalue weighted by atomic mass is 19.1. The van der Waals surface area contributed by atoms with E-state index < -0.39 is 0 Å². The molecule has 1 aromatic carbocycles. The first-order chi connectivity index (χ1) is 21.3. The lowest BCUT2D eigenvalue weighted by Crippen LogP contribution is -2.35. The summed E-state index contributed by atoms with van der Waals surface area (Å²) in [4.78, 5) is 32.2. The Morgan fingerprint density at radius 1 is 1.23 bits per heavy atom. The predicted molar refractivity (Wildman–Crippen MR) is 168 cm³/mol. The standard InChI is InChI=1S/C34H45FN4O5/c1-5-27(15-12-25(4)44-29-18-11-24(29)3)33-37-32(36-23-40)31(39(33)22-26-13-16-28(35)17-14-26)34(41)38(6-2)19-9-21-43-30-10-7-8-20-42-30/h5,12-17,23-24,29-30H,4,6-11,18-22H2,1-3H3,(H,36,40)/b15-12-,27-5+. The zero-order valence-electron chi connectivity index (χ0n) is 26.1. The number of nitrogens with zero attached hydrogens (tertiary/aromatic N) is 3. The van der Waals surface area contributed by atoms with Gasteiger partial charge in [0.25, 0.3) is 5.91 Å². The second kappa shape index (κ2) is 16.4. The van der Waals surface area contributed by atoms with E-state index in [0.29, 0.717) is 62.2 Å². The Bertz CT molecular complexity index is 1330. The van der Waals surface area contributed by atoms with Crippen molar-refractivity contribution < 1.29 is 28.2 Å². The lowest BCUT2D eigenvalue weighted by molar-refractivity contribution is -0.162. The number of aromatic nitrogens is 2. The Morgan fingerprint density at radius 3 is 2.64 bits per heavy atom. The summed E-state index contributed by atoms with van der Waals surface area (Å²) >= 11 is 0. The van der Waals surface area contributed by atoms with Crippen molar-refractivity contribution in [3.8, 4) is 0 Å². The summed E-state index contributed by atoms with van der Waals surface area (Å²) in [6.45, 7) is 12.3. The number of nitrogens with one attached hydrogen (secondary N) is 1. The second-order valence-electron chi connectivity index (χ2n) is 11.3. The van der Waals surface area contributed by atoms with Crippen molar-refractivity contribution in [1.82, 2.24) is 14.5 Å². The number of anilines is 1. The number of carbonyl (C=O) groups is 2. The van der Waals surface area contributed by atoms with Crippen LogP contribution in [0.5, 0.6) is 0 Å².